The van der Waals surface area contributed by atoms with E-state index in [0.29, 0.717) is 36.5 Å². The van der Waals surface area contributed by atoms with Crippen LogP contribution in [0.2, 0.25) is 0 Å². The minimum atomic E-state index is -0.454. The summed E-state index contributed by atoms with van der Waals surface area (Å²) < 4.78 is 24.6. The fourth-order valence-corrected chi connectivity index (χ4v) is 6.24. The molecule has 0 spiro atoms. The van der Waals surface area contributed by atoms with Crippen molar-refractivity contribution >= 4 is 42.4 Å². The number of aliphatic hydroxyl groups excluding tert-OH is 3. The summed E-state index contributed by atoms with van der Waals surface area (Å²) in [6, 6.07) is 44.0. The van der Waals surface area contributed by atoms with Gasteiger partial charge in [-0.15, -0.1) is 0 Å². The number of aldehydes is 1. The van der Waals surface area contributed by atoms with Gasteiger partial charge in [-0.25, -0.2) is 14.4 Å². The van der Waals surface area contributed by atoms with E-state index in [1.165, 1.54) is 6.92 Å². The lowest BCUT2D eigenvalue weighted by molar-refractivity contribution is -0.106. The first kappa shape index (κ1) is 66.1. The van der Waals surface area contributed by atoms with Crippen molar-refractivity contribution in [2.75, 3.05) is 33.5 Å². The molecule has 410 valence electrons. The number of rotatable bonds is 12. The number of benzene rings is 6. The molecule has 1 heterocycles. The lowest BCUT2D eigenvalue weighted by Gasteiger charge is -2.00. The normalized spacial score (nSPS) is 11.6. The molecule has 3 N–H and O–H groups in total. The zero-order valence-corrected chi connectivity index (χ0v) is 44.6. The molecule has 0 bridgehead atoms. The van der Waals surface area contributed by atoms with E-state index in [1.807, 2.05) is 91.0 Å². The predicted octanol–water partition coefficient (Wildman–Crippen LogP) is 11.7. The van der Waals surface area contributed by atoms with Gasteiger partial charge < -0.3 is 43.8 Å². The highest BCUT2D eigenvalue weighted by atomic mass is 16.6. The van der Waals surface area contributed by atoms with Crippen LogP contribution in [0.4, 0.5) is 0 Å². The van der Waals surface area contributed by atoms with Crippen molar-refractivity contribution in [3.05, 3.63) is 225 Å². The van der Waals surface area contributed by atoms with Crippen LogP contribution >= 0.6 is 0 Å². The van der Waals surface area contributed by atoms with Crippen molar-refractivity contribution < 1.29 is 58.2 Å². The van der Waals surface area contributed by atoms with Crippen LogP contribution in [0.5, 0.6) is 5.75 Å². The third-order valence-electron chi connectivity index (χ3n) is 10.3. The van der Waals surface area contributed by atoms with Crippen LogP contribution in [0, 0.1) is 35.5 Å². The SMILES string of the molecule is C.CC=O.CCOC(=O)c1ccc(C#C/C=C/c2ccc(CO)cc2)cc1.CCOC(=O)c1ccc(C#C/C=C\c2ccc(CO)cc2)cc1.CCOC(=O)c1ccc(C#CC=Cc2ccc(OC)cc2)cc1.OC1CCCO1. The quantitative estimate of drug-likeness (QED) is 0.0458. The average molecular weight is 1070 g/mol. The van der Waals surface area contributed by atoms with Crippen LogP contribution in [0.1, 0.15) is 124 Å². The first-order chi connectivity index (χ1) is 38.0. The van der Waals surface area contributed by atoms with Gasteiger partial charge in [-0.1, -0.05) is 104 Å². The van der Waals surface area contributed by atoms with Crippen molar-refractivity contribution in [1.82, 2.24) is 0 Å². The Bertz CT molecular complexity index is 2690. The van der Waals surface area contributed by atoms with E-state index in [1.54, 1.807) is 119 Å². The summed E-state index contributed by atoms with van der Waals surface area (Å²) in [6.45, 7) is 8.72. The maximum atomic E-state index is 11.5. The molecule has 79 heavy (non-hydrogen) atoms. The molecule has 6 aromatic rings. The molecule has 0 aromatic heterocycles. The van der Waals surface area contributed by atoms with Gasteiger partial charge in [0, 0.05) is 29.7 Å². The zero-order valence-electron chi connectivity index (χ0n) is 44.6. The van der Waals surface area contributed by atoms with Crippen molar-refractivity contribution in [3.63, 3.8) is 0 Å². The fourth-order valence-electron chi connectivity index (χ4n) is 6.24. The summed E-state index contributed by atoms with van der Waals surface area (Å²) in [6.07, 6.45) is 13.2. The molecule has 1 unspecified atom stereocenters. The summed E-state index contributed by atoms with van der Waals surface area (Å²) in [5.41, 5.74) is 8.96. The van der Waals surface area contributed by atoms with Crippen LogP contribution in [-0.4, -0.2) is 79.3 Å². The second-order valence-electron chi connectivity index (χ2n) is 16.0. The van der Waals surface area contributed by atoms with Gasteiger partial charge in [0.1, 0.15) is 12.0 Å². The largest absolute Gasteiger partial charge is 0.497 e. The Labute approximate surface area is 466 Å². The topological polar surface area (TPSA) is 175 Å². The summed E-state index contributed by atoms with van der Waals surface area (Å²) in [5.74, 6) is 17.8. The molecule has 1 fully saturated rings. The zero-order chi connectivity index (χ0) is 56.6. The number of methoxy groups -OCH3 is 1. The predicted molar refractivity (Wildman–Crippen MR) is 312 cm³/mol. The smallest absolute Gasteiger partial charge is 0.338 e. The lowest BCUT2D eigenvalue weighted by Crippen LogP contribution is -2.03. The van der Waals surface area contributed by atoms with Crippen LogP contribution < -0.4 is 4.74 Å². The van der Waals surface area contributed by atoms with Crippen LogP contribution in [0.3, 0.4) is 0 Å². The number of hydrogen-bond donors (Lipinski definition) is 3. The van der Waals surface area contributed by atoms with Gasteiger partial charge in [0.2, 0.25) is 0 Å². The minimum absolute atomic E-state index is 0. The molecule has 0 amide bonds. The first-order valence-corrected chi connectivity index (χ1v) is 25.1. The van der Waals surface area contributed by atoms with Crippen molar-refractivity contribution in [2.45, 2.75) is 67.5 Å². The average Bonchev–Trinajstić information content (AvgIpc) is 3.97. The highest BCUT2D eigenvalue weighted by Crippen LogP contribution is 2.13. The summed E-state index contributed by atoms with van der Waals surface area (Å²) in [7, 11) is 1.64. The van der Waals surface area contributed by atoms with E-state index in [0.717, 1.165) is 76.0 Å². The van der Waals surface area contributed by atoms with Gasteiger partial charge >= 0.3 is 17.9 Å². The number of allylic oxidation sites excluding steroid dienone is 3. The number of ether oxygens (including phenoxy) is 5. The number of esters is 3. The van der Waals surface area contributed by atoms with E-state index >= 15 is 0 Å². The standard InChI is InChI=1S/3C20H18O3.C4H8O2.C2H4O.CH4/c1-3-23-20(21)18-12-8-16(9-13-18)6-4-5-7-17-10-14-19(22-2)15-11-17;2*1-2-23-20(22)19-13-11-17(12-14-19)6-4-3-5-16-7-9-18(15-21)10-8-16;5-4-2-1-3-6-4;1-2-3;/h5,7-15H,3H2,1-2H3;2*3,5,7-14,21H,2,15H2,1H3;4-5H,1-3H2;2H,1H3;1H4/b;5-3+;5-3-;;;. The first-order valence-electron chi connectivity index (χ1n) is 25.1. The van der Waals surface area contributed by atoms with Gasteiger partial charge in [-0.2, -0.15) is 0 Å². The van der Waals surface area contributed by atoms with Crippen LogP contribution in [0.25, 0.3) is 18.2 Å². The Morgan fingerprint density at radius 2 is 0.835 bits per heavy atom. The highest BCUT2D eigenvalue weighted by molar-refractivity contribution is 5.90. The van der Waals surface area contributed by atoms with Gasteiger partial charge in [0.25, 0.3) is 0 Å². The molecule has 7 rings (SSSR count). The number of carbonyl (C=O) groups excluding carboxylic acids is 4. The summed E-state index contributed by atoms with van der Waals surface area (Å²) in [5, 5.41) is 26.5. The highest BCUT2D eigenvalue weighted by Gasteiger charge is 2.10. The molecule has 12 heteroatoms. The Kier molecular flexibility index (Phi) is 33.6. The van der Waals surface area contributed by atoms with Crippen LogP contribution in [0.15, 0.2) is 164 Å². The Morgan fingerprint density at radius 1 is 0.532 bits per heavy atom. The molecule has 1 saturated heterocycles. The lowest BCUT2D eigenvalue weighted by atomic mass is 10.1. The molecule has 6 aromatic carbocycles. The number of hydrogen-bond acceptors (Lipinski definition) is 12. The Hall–Kier alpha value is -9.06. The van der Waals surface area contributed by atoms with E-state index in [-0.39, 0.29) is 38.5 Å². The van der Waals surface area contributed by atoms with E-state index < -0.39 is 6.29 Å². The van der Waals surface area contributed by atoms with Crippen molar-refractivity contribution in [3.8, 4) is 41.3 Å². The van der Waals surface area contributed by atoms with Crippen molar-refractivity contribution in [1.29, 1.82) is 0 Å². The third-order valence-corrected chi connectivity index (χ3v) is 10.3. The number of carbonyl (C=O) groups is 4. The van der Waals surface area contributed by atoms with E-state index in [9.17, 15) is 14.4 Å². The molecule has 0 radical (unpaired) electrons. The maximum Gasteiger partial charge on any atom is 0.338 e. The second-order valence-corrected chi connectivity index (χ2v) is 16.0. The number of aliphatic hydroxyl groups is 3. The van der Waals surface area contributed by atoms with Gasteiger partial charge in [-0.3, -0.25) is 0 Å². The third kappa shape index (κ3) is 27.5. The van der Waals surface area contributed by atoms with E-state index in [4.69, 9.17) is 43.8 Å². The second kappa shape index (κ2) is 40.2. The fraction of sp³-hybridized carbons (Fsp3) is 0.224. The Morgan fingerprint density at radius 3 is 1.06 bits per heavy atom. The van der Waals surface area contributed by atoms with Gasteiger partial charge in [-0.05, 0) is 183 Å². The monoisotopic (exact) mass is 1070 g/mol. The van der Waals surface area contributed by atoms with Gasteiger partial charge in [0.15, 0.2) is 6.29 Å². The van der Waals surface area contributed by atoms with E-state index in [2.05, 4.69) is 35.5 Å². The summed E-state index contributed by atoms with van der Waals surface area (Å²) >= 11 is 0. The minimum Gasteiger partial charge on any atom is -0.497 e. The van der Waals surface area contributed by atoms with Crippen molar-refractivity contribution in [2.24, 2.45) is 0 Å². The molecule has 1 aliphatic heterocycles. The Balaban J connectivity index is 0.000000372. The summed E-state index contributed by atoms with van der Waals surface area (Å²) in [4.78, 5) is 43.4. The molecular weight excluding hydrogens is 997 g/mol. The molecule has 1 aliphatic rings. The van der Waals surface area contributed by atoms with Gasteiger partial charge in [0.05, 0.1) is 56.8 Å². The molecule has 12 nitrogen and oxygen atoms in total. The van der Waals surface area contributed by atoms with Crippen LogP contribution in [-0.2, 0) is 37.0 Å². The molecule has 1 atom stereocenters. The molecule has 0 aliphatic carbocycles. The molecule has 0 saturated carbocycles. The maximum absolute atomic E-state index is 11.5. The molecular formula is C67H70O12.